The Morgan fingerprint density at radius 2 is 1.38 bits per heavy atom. The number of hydrogen-bond acceptors (Lipinski definition) is 12. The van der Waals surface area contributed by atoms with Gasteiger partial charge in [0.2, 0.25) is 11.7 Å². The molecule has 0 unspecified atom stereocenters. The average molecular weight is 627 g/mol. The summed E-state index contributed by atoms with van der Waals surface area (Å²) in [4.78, 5) is 18.5. The number of aliphatic hydroxyl groups excluding tert-OH is 4. The van der Waals surface area contributed by atoms with Crippen molar-refractivity contribution >= 4 is 11.0 Å². The average Bonchev–Trinajstić information content (AvgIpc) is 3.06. The molecule has 12 nitrogen and oxygen atoms in total. The zero-order chi connectivity index (χ0) is 31.7. The molecule has 6 N–H and O–H groups in total. The van der Waals surface area contributed by atoms with E-state index < -0.39 is 42.7 Å². The van der Waals surface area contributed by atoms with E-state index in [9.17, 15) is 35.4 Å². The summed E-state index contributed by atoms with van der Waals surface area (Å²) in [6.45, 7) is 3.61. The van der Waals surface area contributed by atoms with E-state index in [1.165, 1.54) is 6.26 Å². The van der Waals surface area contributed by atoms with Crippen LogP contribution in [-0.2, 0) is 17.8 Å². The molecule has 244 valence electrons. The Labute approximate surface area is 260 Å². The number of likely N-dealkylation sites (tertiary alicyclic amines) is 2. The molecule has 0 amide bonds. The van der Waals surface area contributed by atoms with Gasteiger partial charge in [-0.1, -0.05) is 25.0 Å². The smallest absolute Gasteiger partial charge is 0.229 e. The Morgan fingerprint density at radius 1 is 0.778 bits per heavy atom. The summed E-state index contributed by atoms with van der Waals surface area (Å²) in [7, 11) is 0. The lowest BCUT2D eigenvalue weighted by Crippen LogP contribution is -2.60. The molecule has 4 heterocycles. The summed E-state index contributed by atoms with van der Waals surface area (Å²) < 4.78 is 17.2. The minimum Gasteiger partial charge on any atom is -0.507 e. The molecule has 1 aromatic heterocycles. The molecule has 45 heavy (non-hydrogen) atoms. The molecule has 0 radical (unpaired) electrons. The summed E-state index contributed by atoms with van der Waals surface area (Å²) in [6, 6.07) is 6.30. The third-order valence-electron chi connectivity index (χ3n) is 9.29. The van der Waals surface area contributed by atoms with E-state index in [0.717, 1.165) is 64.7 Å². The zero-order valence-corrected chi connectivity index (χ0v) is 25.2. The molecule has 3 fully saturated rings. The van der Waals surface area contributed by atoms with E-state index in [2.05, 4.69) is 9.80 Å². The van der Waals surface area contributed by atoms with Gasteiger partial charge in [-0.3, -0.25) is 14.6 Å². The number of aliphatic hydroxyl groups is 4. The number of fused-ring (bicyclic) bond motifs is 1. The first-order valence-corrected chi connectivity index (χ1v) is 15.8. The van der Waals surface area contributed by atoms with Crippen molar-refractivity contribution in [3.63, 3.8) is 0 Å². The molecule has 3 aromatic rings. The highest BCUT2D eigenvalue weighted by molar-refractivity contribution is 5.92. The number of aromatic hydroxyl groups is 2. The van der Waals surface area contributed by atoms with Crippen molar-refractivity contribution in [3.8, 4) is 28.4 Å². The molecule has 0 spiro atoms. The maximum absolute atomic E-state index is 14.0. The van der Waals surface area contributed by atoms with Crippen LogP contribution in [0.2, 0.25) is 0 Å². The first-order valence-electron chi connectivity index (χ1n) is 15.8. The van der Waals surface area contributed by atoms with Gasteiger partial charge < -0.3 is 44.5 Å². The van der Waals surface area contributed by atoms with Crippen LogP contribution in [0.3, 0.4) is 0 Å². The second kappa shape index (κ2) is 13.6. The van der Waals surface area contributed by atoms with E-state index in [1.807, 2.05) is 0 Å². The van der Waals surface area contributed by atoms with Crippen molar-refractivity contribution in [3.05, 3.63) is 51.9 Å². The molecular weight excluding hydrogens is 584 g/mol. The Bertz CT molecular complexity index is 1530. The molecule has 0 aliphatic carbocycles. The first kappa shape index (κ1) is 31.7. The third-order valence-corrected chi connectivity index (χ3v) is 9.29. The van der Waals surface area contributed by atoms with Gasteiger partial charge in [-0.05, 0) is 69.6 Å². The van der Waals surface area contributed by atoms with Crippen molar-refractivity contribution in [2.45, 2.75) is 82.3 Å². The Morgan fingerprint density at radius 3 is 1.98 bits per heavy atom. The van der Waals surface area contributed by atoms with Gasteiger partial charge in [0, 0.05) is 13.1 Å². The molecule has 3 aliphatic rings. The van der Waals surface area contributed by atoms with Crippen LogP contribution in [0.25, 0.3) is 22.1 Å². The normalized spacial score (nSPS) is 26.7. The molecule has 12 heteroatoms. The third kappa shape index (κ3) is 6.41. The van der Waals surface area contributed by atoms with Gasteiger partial charge in [-0.25, -0.2) is 0 Å². The van der Waals surface area contributed by atoms with Crippen LogP contribution in [0.1, 0.15) is 49.7 Å². The highest BCUT2D eigenvalue weighted by Crippen LogP contribution is 2.41. The Balaban J connectivity index is 1.33. The zero-order valence-electron chi connectivity index (χ0n) is 25.2. The number of ether oxygens (including phenoxy) is 2. The van der Waals surface area contributed by atoms with Crippen LogP contribution in [0.4, 0.5) is 0 Å². The highest BCUT2D eigenvalue weighted by Gasteiger charge is 2.44. The van der Waals surface area contributed by atoms with E-state index in [0.29, 0.717) is 29.8 Å². The van der Waals surface area contributed by atoms with Crippen molar-refractivity contribution in [1.29, 1.82) is 0 Å². The van der Waals surface area contributed by atoms with Gasteiger partial charge in [0.05, 0.1) is 23.3 Å². The fraction of sp³-hybridized carbons (Fsp3) is 0.545. The van der Waals surface area contributed by atoms with Gasteiger partial charge in [0.1, 0.15) is 58.9 Å². The standard InChI is InChI=1S/C33H42N2O10/c36-17-24-29(40)30(41)31(42)33(45-24)44-20-9-7-19(8-10-20)23-18-43-32-22(16-35-13-5-2-6-14-35)26(37)21(27(38)25(32)28(23)39)15-34-11-3-1-4-12-34/h7-10,18,24,29-31,33,36-38,40-42H,1-6,11-17H2/t24-,29-,30+,31-,33-/m1/s1. The summed E-state index contributed by atoms with van der Waals surface area (Å²) in [5.41, 5.74) is 1.27. The Kier molecular flexibility index (Phi) is 9.62. The van der Waals surface area contributed by atoms with Crippen molar-refractivity contribution < 1.29 is 44.5 Å². The number of rotatable bonds is 8. The van der Waals surface area contributed by atoms with Crippen LogP contribution >= 0.6 is 0 Å². The molecule has 0 bridgehead atoms. The second-order valence-electron chi connectivity index (χ2n) is 12.4. The van der Waals surface area contributed by atoms with Crippen LogP contribution in [0.5, 0.6) is 17.2 Å². The van der Waals surface area contributed by atoms with Gasteiger partial charge >= 0.3 is 0 Å². The van der Waals surface area contributed by atoms with Gasteiger partial charge in [-0.15, -0.1) is 0 Å². The number of phenols is 2. The van der Waals surface area contributed by atoms with E-state index in [4.69, 9.17) is 13.9 Å². The topological polar surface area (TPSA) is 177 Å². The highest BCUT2D eigenvalue weighted by atomic mass is 16.7. The largest absolute Gasteiger partial charge is 0.507 e. The van der Waals surface area contributed by atoms with Crippen molar-refractivity contribution in [1.82, 2.24) is 9.80 Å². The lowest BCUT2D eigenvalue weighted by Gasteiger charge is -2.39. The van der Waals surface area contributed by atoms with Crippen LogP contribution in [-0.4, -0.2) is 104 Å². The van der Waals surface area contributed by atoms with E-state index in [1.54, 1.807) is 24.3 Å². The van der Waals surface area contributed by atoms with E-state index in [-0.39, 0.29) is 33.8 Å². The lowest BCUT2D eigenvalue weighted by atomic mass is 9.97. The number of benzene rings is 2. The predicted molar refractivity (Wildman–Crippen MR) is 164 cm³/mol. The minimum atomic E-state index is -1.57. The van der Waals surface area contributed by atoms with Gasteiger partial charge in [0.15, 0.2) is 0 Å². The lowest BCUT2D eigenvalue weighted by molar-refractivity contribution is -0.277. The van der Waals surface area contributed by atoms with Crippen LogP contribution in [0.15, 0.2) is 39.7 Å². The first-order chi connectivity index (χ1) is 21.8. The van der Waals surface area contributed by atoms with Crippen molar-refractivity contribution in [2.24, 2.45) is 0 Å². The van der Waals surface area contributed by atoms with E-state index >= 15 is 0 Å². The number of hydrogen-bond donors (Lipinski definition) is 6. The quantitative estimate of drug-likeness (QED) is 0.215. The number of piperidine rings is 2. The van der Waals surface area contributed by atoms with Gasteiger partial charge in [-0.2, -0.15) is 0 Å². The minimum absolute atomic E-state index is 0.0262. The maximum atomic E-state index is 14.0. The molecular formula is C33H42N2O10. The van der Waals surface area contributed by atoms with Crippen molar-refractivity contribution in [2.75, 3.05) is 32.8 Å². The molecule has 3 saturated heterocycles. The summed E-state index contributed by atoms with van der Waals surface area (Å²) >= 11 is 0. The number of phenolic OH excluding ortho intramolecular Hbond substituents is 2. The SMILES string of the molecule is O=c1c(-c2ccc(O[C@@H]3O[C@H](CO)[C@@H](O)[C@H](O)[C@H]3O)cc2)coc2c(CN3CCCCC3)c(O)c(CN3CCCCC3)c(O)c12. The summed E-state index contributed by atoms with van der Waals surface area (Å²) in [6.07, 6.45) is 0.732. The molecule has 5 atom stereocenters. The summed E-state index contributed by atoms with van der Waals surface area (Å²) in [5.74, 6) is -0.0518. The summed E-state index contributed by atoms with van der Waals surface area (Å²) in [5, 5.41) is 62.8. The molecule has 3 aliphatic heterocycles. The molecule has 0 saturated carbocycles. The maximum Gasteiger partial charge on any atom is 0.229 e. The molecule has 2 aromatic carbocycles. The second-order valence-corrected chi connectivity index (χ2v) is 12.4. The Hall–Kier alpha value is -3.23. The fourth-order valence-corrected chi connectivity index (χ4v) is 6.65. The predicted octanol–water partition coefficient (Wildman–Crippen LogP) is 2.02. The van der Waals surface area contributed by atoms with Crippen LogP contribution in [0, 0.1) is 0 Å². The van der Waals surface area contributed by atoms with Gasteiger partial charge in [0.25, 0.3) is 0 Å². The fourth-order valence-electron chi connectivity index (χ4n) is 6.65. The monoisotopic (exact) mass is 626 g/mol. The van der Waals surface area contributed by atoms with Crippen LogP contribution < -0.4 is 10.2 Å². The number of nitrogens with zero attached hydrogens (tertiary/aromatic N) is 2. The molecule has 6 rings (SSSR count).